The van der Waals surface area contributed by atoms with Crippen LogP contribution in [0.25, 0.3) is 28.2 Å². The first-order valence-electron chi connectivity index (χ1n) is 18.2. The maximum absolute atomic E-state index is 10.4. The van der Waals surface area contributed by atoms with E-state index in [2.05, 4.69) is 43.9 Å². The van der Waals surface area contributed by atoms with Gasteiger partial charge < -0.3 is 30.0 Å². The van der Waals surface area contributed by atoms with E-state index in [9.17, 15) is 4.79 Å². The number of fused-ring (bicyclic) bond motifs is 3. The number of thioether (sulfide) groups is 2. The number of carbonyl (C=O) groups is 1. The number of hydrogen-bond donors (Lipinski definition) is 2. The Hall–Kier alpha value is -5.74. The Balaban J connectivity index is 0.000000145. The lowest BCUT2D eigenvalue weighted by Gasteiger charge is -2.29. The second-order valence-corrected chi connectivity index (χ2v) is 14.5. The van der Waals surface area contributed by atoms with Gasteiger partial charge in [-0.15, -0.1) is 0 Å². The van der Waals surface area contributed by atoms with E-state index in [0.29, 0.717) is 37.7 Å². The summed E-state index contributed by atoms with van der Waals surface area (Å²) >= 11 is 3.02. The maximum Gasteiger partial charge on any atom is 0.189 e. The fraction of sp³-hybridized carbons (Fsp3) is 0.238. The number of aryl methyl sites for hydroxylation is 2. The number of nitrogens with two attached hydrogens (primary N) is 1. The Morgan fingerprint density at radius 3 is 2.30 bits per heavy atom. The highest BCUT2D eigenvalue weighted by atomic mass is 32.2. The van der Waals surface area contributed by atoms with E-state index < -0.39 is 0 Å². The van der Waals surface area contributed by atoms with Crippen LogP contribution in [0.15, 0.2) is 113 Å². The van der Waals surface area contributed by atoms with Gasteiger partial charge in [0.2, 0.25) is 0 Å². The summed E-state index contributed by atoms with van der Waals surface area (Å²) in [5.41, 5.74) is 13.3. The molecule has 1 saturated heterocycles. The third-order valence-corrected chi connectivity index (χ3v) is 10.1. The molecule has 0 saturated carbocycles. The second-order valence-electron chi connectivity index (χ2n) is 13.0. The molecule has 0 radical (unpaired) electrons. The van der Waals surface area contributed by atoms with Gasteiger partial charge in [-0.2, -0.15) is 0 Å². The van der Waals surface area contributed by atoms with Crippen molar-refractivity contribution in [1.82, 2.24) is 29.5 Å². The molecule has 2 aliphatic heterocycles. The van der Waals surface area contributed by atoms with Crippen molar-refractivity contribution in [3.63, 3.8) is 0 Å². The molecule has 0 amide bonds. The summed E-state index contributed by atoms with van der Waals surface area (Å²) in [6, 6.07) is 21.8. The van der Waals surface area contributed by atoms with Crippen LogP contribution in [0.5, 0.6) is 11.5 Å². The van der Waals surface area contributed by atoms with Crippen LogP contribution in [0.1, 0.15) is 11.1 Å². The van der Waals surface area contributed by atoms with Gasteiger partial charge in [-0.25, -0.2) is 24.9 Å². The minimum Gasteiger partial charge on any atom is -0.486 e. The van der Waals surface area contributed by atoms with Gasteiger partial charge in [0.05, 0.1) is 35.6 Å². The molecule has 1 fully saturated rings. The highest BCUT2D eigenvalue weighted by Gasteiger charge is 2.25. The monoisotopic (exact) mass is 802 g/mol. The minimum absolute atomic E-state index is 0.00227. The number of ether oxygens (including phenoxy) is 4. The first-order valence-corrected chi connectivity index (χ1v) is 20.6. The average Bonchev–Trinajstić information content (AvgIpc) is 3.64. The van der Waals surface area contributed by atoms with Crippen molar-refractivity contribution in [3.8, 4) is 28.7 Å². The van der Waals surface area contributed by atoms with E-state index in [4.69, 9.17) is 34.6 Å². The lowest BCUT2D eigenvalue weighted by atomic mass is 10.0. The van der Waals surface area contributed by atoms with E-state index in [-0.39, 0.29) is 12.2 Å². The number of hydrogen-bond acceptors (Lipinski definition) is 14. The smallest absolute Gasteiger partial charge is 0.189 e. The molecule has 3 aliphatic rings. The SMILES string of the molecule is CSc1nccc(-n2c(-c3ccc4c(c3)OCCO4)nc3ccc(C)cc32)n1.CSc1nccc(Nc2cc(C)ccc2N)n1.O=CC1=CC2OCCOC2C=C1. The van der Waals surface area contributed by atoms with Crippen molar-refractivity contribution >= 4 is 58.0 Å². The van der Waals surface area contributed by atoms with Gasteiger partial charge in [-0.1, -0.05) is 47.8 Å². The van der Waals surface area contributed by atoms with Gasteiger partial charge in [0.1, 0.15) is 49.2 Å². The number of imidazole rings is 1. The van der Waals surface area contributed by atoms with Crippen LogP contribution in [0.3, 0.4) is 0 Å². The Bertz CT molecular complexity index is 2440. The number of nitrogens with one attached hydrogen (secondary N) is 1. The standard InChI is InChI=1S/C21H18N4O2S.C12H14N4S.C9H10O3/c1-13-3-5-15-16(11-13)25(19-7-8-22-21(24-19)28-2)20(23-15)14-4-6-17-18(12-14)27-10-9-26-17;1-8-3-4-9(13)10(7-8)15-11-5-6-14-12(16-11)17-2;10-6-7-1-2-8-9(5-7)12-4-3-11-8/h3-8,11-12H,9-10H2,1-2H3;3-7H,13H2,1-2H3,(H,14,15,16);1-2,5-6,8-9H,3-4H2. The summed E-state index contributed by atoms with van der Waals surface area (Å²) in [7, 11) is 0. The molecule has 5 heterocycles. The van der Waals surface area contributed by atoms with Crippen molar-refractivity contribution in [2.75, 3.05) is 50.0 Å². The summed E-state index contributed by atoms with van der Waals surface area (Å²) < 4.78 is 24.3. The van der Waals surface area contributed by atoms with Crippen LogP contribution in [0, 0.1) is 13.8 Å². The third-order valence-electron chi connectivity index (χ3n) is 8.93. The summed E-state index contributed by atoms with van der Waals surface area (Å²) in [5, 5.41) is 4.66. The Morgan fingerprint density at radius 1 is 0.789 bits per heavy atom. The van der Waals surface area contributed by atoms with Crippen LogP contribution in [-0.2, 0) is 14.3 Å². The lowest BCUT2D eigenvalue weighted by molar-refractivity contribution is -0.107. The molecule has 2 unspecified atom stereocenters. The van der Waals surface area contributed by atoms with Gasteiger partial charge in [-0.3, -0.25) is 9.36 Å². The molecule has 3 aromatic carbocycles. The molecule has 13 nitrogen and oxygen atoms in total. The van der Waals surface area contributed by atoms with Crippen LogP contribution in [0.4, 0.5) is 17.2 Å². The number of nitrogen functional groups attached to an aromatic ring is 1. The highest BCUT2D eigenvalue weighted by molar-refractivity contribution is 7.98. The molecule has 1 aliphatic carbocycles. The van der Waals surface area contributed by atoms with Gasteiger partial charge in [0.25, 0.3) is 0 Å². The molecule has 57 heavy (non-hydrogen) atoms. The van der Waals surface area contributed by atoms with Crippen molar-refractivity contribution in [2.45, 2.75) is 36.4 Å². The maximum atomic E-state index is 10.4. The normalized spacial score (nSPS) is 16.6. The van der Waals surface area contributed by atoms with E-state index in [1.54, 1.807) is 24.5 Å². The van der Waals surface area contributed by atoms with Gasteiger partial charge >= 0.3 is 0 Å². The van der Waals surface area contributed by atoms with Crippen LogP contribution in [-0.4, -0.2) is 86.9 Å². The number of anilines is 3. The molecule has 292 valence electrons. The average molecular weight is 803 g/mol. The van der Waals surface area contributed by atoms with Crippen LogP contribution >= 0.6 is 23.5 Å². The van der Waals surface area contributed by atoms with E-state index in [0.717, 1.165) is 73.4 Å². The number of carbonyl (C=O) groups excluding carboxylic acids is 1. The second kappa shape index (κ2) is 18.5. The third kappa shape index (κ3) is 9.63. The zero-order valence-electron chi connectivity index (χ0n) is 31.9. The Kier molecular flexibility index (Phi) is 12.8. The number of benzene rings is 3. The highest BCUT2D eigenvalue weighted by Crippen LogP contribution is 2.36. The van der Waals surface area contributed by atoms with Crippen LogP contribution < -0.4 is 20.5 Å². The van der Waals surface area contributed by atoms with Gasteiger partial charge in [0, 0.05) is 23.5 Å². The molecule has 2 atom stereocenters. The number of rotatable bonds is 7. The first kappa shape index (κ1) is 39.5. The van der Waals surface area contributed by atoms with Gasteiger partial charge in [-0.05, 0) is 98.2 Å². The number of nitrogens with zero attached hydrogens (tertiary/aromatic N) is 6. The summed E-state index contributed by atoms with van der Waals surface area (Å²) in [6.07, 6.45) is 13.6. The predicted molar refractivity (Wildman–Crippen MR) is 225 cm³/mol. The van der Waals surface area contributed by atoms with Crippen molar-refractivity contribution < 1.29 is 23.7 Å². The molecule has 3 N–H and O–H groups in total. The molecule has 0 bridgehead atoms. The molecular weight excluding hydrogens is 761 g/mol. The lowest BCUT2D eigenvalue weighted by Crippen LogP contribution is -2.37. The molecule has 9 rings (SSSR count). The summed E-state index contributed by atoms with van der Waals surface area (Å²) in [6.45, 7) is 6.47. The quantitative estimate of drug-likeness (QED) is 0.0703. The topological polar surface area (TPSA) is 161 Å². The number of aldehydes is 1. The fourth-order valence-electron chi connectivity index (χ4n) is 6.17. The first-order chi connectivity index (χ1) is 27.8. The minimum atomic E-state index is -0.0658. The molecule has 3 aromatic heterocycles. The fourth-order valence-corrected chi connectivity index (χ4v) is 6.88. The van der Waals surface area contributed by atoms with Gasteiger partial charge in [0.15, 0.2) is 21.8 Å². The zero-order chi connectivity index (χ0) is 39.7. The van der Waals surface area contributed by atoms with Crippen LogP contribution in [0.2, 0.25) is 0 Å². The molecule has 6 aromatic rings. The number of aromatic nitrogens is 6. The molecule has 15 heteroatoms. The van der Waals surface area contributed by atoms with Crippen molar-refractivity contribution in [1.29, 1.82) is 0 Å². The van der Waals surface area contributed by atoms with E-state index in [1.807, 2.05) is 80.1 Å². The zero-order valence-corrected chi connectivity index (χ0v) is 33.5. The Labute approximate surface area is 339 Å². The molecular formula is C42H42N8O5S2. The predicted octanol–water partition coefficient (Wildman–Crippen LogP) is 7.58. The van der Waals surface area contributed by atoms with E-state index >= 15 is 0 Å². The molecule has 0 spiro atoms. The van der Waals surface area contributed by atoms with E-state index in [1.165, 1.54) is 29.1 Å². The largest absolute Gasteiger partial charge is 0.486 e. The van der Waals surface area contributed by atoms with Crippen molar-refractivity contribution in [2.24, 2.45) is 0 Å². The number of allylic oxidation sites excluding steroid dienone is 2. The van der Waals surface area contributed by atoms with Crippen molar-refractivity contribution in [3.05, 3.63) is 114 Å². The summed E-state index contributed by atoms with van der Waals surface area (Å²) in [5.74, 6) is 3.86. The summed E-state index contributed by atoms with van der Waals surface area (Å²) in [4.78, 5) is 32.8. The Morgan fingerprint density at radius 2 is 1.51 bits per heavy atom.